The Hall–Kier alpha value is -1.36. The number of rotatable bonds is 1. The van der Waals surface area contributed by atoms with Crippen LogP contribution in [0.1, 0.15) is 11.1 Å². The molecule has 0 spiro atoms. The maximum absolute atomic E-state index is 7.50. The van der Waals surface area contributed by atoms with Crippen LogP contribution in [0, 0.1) is 26.9 Å². The molecule has 0 aromatic heterocycles. The SMILES string of the molecule is CN=Cc1ccccc1C.[C-]#[O+].[C-]#[O+].[C-]#[O+].[Cr]. The van der Waals surface area contributed by atoms with Gasteiger partial charge >= 0.3 is 33.9 Å². The van der Waals surface area contributed by atoms with Crippen LogP contribution in [0.25, 0.3) is 0 Å². The van der Waals surface area contributed by atoms with Crippen LogP contribution in [-0.4, -0.2) is 13.3 Å². The molecule has 0 fully saturated rings. The third kappa shape index (κ3) is 14.6. The van der Waals surface area contributed by atoms with Gasteiger partial charge in [0.25, 0.3) is 0 Å². The molecule has 0 saturated heterocycles. The zero-order chi connectivity index (χ0) is 13.4. The van der Waals surface area contributed by atoms with E-state index in [1.165, 1.54) is 11.1 Å². The number of aryl methyl sites for hydroxylation is 1. The second-order valence-corrected chi connectivity index (χ2v) is 2.24. The van der Waals surface area contributed by atoms with E-state index >= 15 is 0 Å². The van der Waals surface area contributed by atoms with Gasteiger partial charge < -0.3 is 0 Å². The van der Waals surface area contributed by atoms with Crippen molar-refractivity contribution in [3.8, 4) is 0 Å². The Bertz CT molecular complexity index is 342. The first-order valence-corrected chi connectivity index (χ1v) is 3.93. The molecule has 0 atom stereocenters. The van der Waals surface area contributed by atoms with Crippen molar-refractivity contribution in [2.45, 2.75) is 6.92 Å². The van der Waals surface area contributed by atoms with E-state index in [1.54, 1.807) is 7.05 Å². The van der Waals surface area contributed by atoms with Gasteiger partial charge in [-0.3, -0.25) is 4.99 Å². The number of nitrogens with zero attached hydrogens (tertiary/aromatic N) is 1. The summed E-state index contributed by atoms with van der Waals surface area (Å²) in [5, 5.41) is 0. The van der Waals surface area contributed by atoms with Gasteiger partial charge in [0.1, 0.15) is 0 Å². The molecule has 0 aliphatic rings. The Morgan fingerprint density at radius 1 is 1.00 bits per heavy atom. The van der Waals surface area contributed by atoms with E-state index in [9.17, 15) is 0 Å². The number of aliphatic imine (C=N–C) groups is 1. The van der Waals surface area contributed by atoms with E-state index in [0.29, 0.717) is 0 Å². The Morgan fingerprint density at radius 3 is 1.76 bits per heavy atom. The molecule has 1 aromatic rings. The molecule has 0 heterocycles. The van der Waals surface area contributed by atoms with Crippen molar-refractivity contribution in [2.75, 3.05) is 7.05 Å². The van der Waals surface area contributed by atoms with Crippen LogP contribution in [0.5, 0.6) is 0 Å². The third-order valence-electron chi connectivity index (χ3n) is 1.46. The summed E-state index contributed by atoms with van der Waals surface area (Å²) in [6.07, 6.45) is 1.87. The van der Waals surface area contributed by atoms with Crippen LogP contribution in [0.3, 0.4) is 0 Å². The van der Waals surface area contributed by atoms with Crippen molar-refractivity contribution in [1.82, 2.24) is 0 Å². The molecule has 0 unspecified atom stereocenters. The van der Waals surface area contributed by atoms with Gasteiger partial charge in [0.2, 0.25) is 0 Å². The molecule has 0 saturated carbocycles. The molecule has 0 aliphatic carbocycles. The Labute approximate surface area is 112 Å². The second kappa shape index (κ2) is 24.1. The Kier molecular flexibility index (Phi) is 35.0. The molecule has 0 aliphatic heterocycles. The predicted molar refractivity (Wildman–Crippen MR) is 56.5 cm³/mol. The molecule has 88 valence electrons. The Balaban J connectivity index is -0.000000106. The number of hydrogen-bond acceptors (Lipinski definition) is 1. The van der Waals surface area contributed by atoms with Crippen molar-refractivity contribution in [1.29, 1.82) is 0 Å². The molecule has 17 heavy (non-hydrogen) atoms. The minimum absolute atomic E-state index is 0. The number of hydrogen-bond donors (Lipinski definition) is 0. The van der Waals surface area contributed by atoms with E-state index in [2.05, 4.69) is 44.0 Å². The van der Waals surface area contributed by atoms with E-state index in [-0.39, 0.29) is 17.4 Å². The average Bonchev–Trinajstić information content (AvgIpc) is 2.40. The molecule has 5 heteroatoms. The predicted octanol–water partition coefficient (Wildman–Crippen LogP) is 1.93. The fraction of sp³-hybridized carbons (Fsp3) is 0.167. The average molecular weight is 269 g/mol. The summed E-state index contributed by atoms with van der Waals surface area (Å²) in [6.45, 7) is 15.6. The summed E-state index contributed by atoms with van der Waals surface area (Å²) in [6, 6.07) is 8.19. The largest absolute Gasteiger partial charge is 0 e. The summed E-state index contributed by atoms with van der Waals surface area (Å²) in [7, 11) is 1.78. The van der Waals surface area contributed by atoms with Gasteiger partial charge in [-0.05, 0) is 18.1 Å². The molecule has 0 radical (unpaired) electrons. The first-order valence-electron chi connectivity index (χ1n) is 3.93. The normalized spacial score (nSPS) is 6.59. The summed E-state index contributed by atoms with van der Waals surface area (Å²) in [5.41, 5.74) is 2.47. The maximum atomic E-state index is 7.50. The van der Waals surface area contributed by atoms with Gasteiger partial charge in [-0.1, -0.05) is 24.3 Å². The summed E-state index contributed by atoms with van der Waals surface area (Å²) in [5.74, 6) is 0. The molecule has 4 nitrogen and oxygen atoms in total. The minimum atomic E-state index is 0. The second-order valence-electron chi connectivity index (χ2n) is 2.24. The molecule has 0 amide bonds. The topological polar surface area (TPSA) is 72.1 Å². The monoisotopic (exact) mass is 269 g/mol. The fourth-order valence-corrected chi connectivity index (χ4v) is 0.871. The first kappa shape index (κ1) is 24.7. The minimum Gasteiger partial charge on any atom is 0 e. The summed E-state index contributed by atoms with van der Waals surface area (Å²) < 4.78 is 22.5. The maximum Gasteiger partial charge on any atom is 0 e. The van der Waals surface area contributed by atoms with Crippen LogP contribution in [0.15, 0.2) is 29.3 Å². The van der Waals surface area contributed by atoms with Gasteiger partial charge in [-0.25, -0.2) is 0 Å². The molecule has 0 bridgehead atoms. The van der Waals surface area contributed by atoms with Gasteiger partial charge in [-0.15, -0.1) is 0 Å². The molecule has 0 N–H and O–H groups in total. The zero-order valence-electron chi connectivity index (χ0n) is 9.47. The Morgan fingerprint density at radius 2 is 1.41 bits per heavy atom. The van der Waals surface area contributed by atoms with Crippen LogP contribution in [0.2, 0.25) is 0 Å². The third-order valence-corrected chi connectivity index (χ3v) is 1.46. The number of benzene rings is 1. The quantitative estimate of drug-likeness (QED) is 0.424. The van der Waals surface area contributed by atoms with Gasteiger partial charge in [0.15, 0.2) is 0 Å². The molecular weight excluding hydrogens is 258 g/mol. The fourth-order valence-electron chi connectivity index (χ4n) is 0.871. The van der Waals surface area contributed by atoms with Crippen LogP contribution < -0.4 is 0 Å². The van der Waals surface area contributed by atoms with Gasteiger partial charge in [0.05, 0.1) is 0 Å². The van der Waals surface area contributed by atoms with E-state index in [1.807, 2.05) is 18.3 Å². The van der Waals surface area contributed by atoms with Gasteiger partial charge in [-0.2, -0.15) is 0 Å². The van der Waals surface area contributed by atoms with Crippen molar-refractivity contribution in [2.24, 2.45) is 4.99 Å². The molecular formula is C12H11CrNO3. The van der Waals surface area contributed by atoms with Crippen molar-refractivity contribution < 1.29 is 31.3 Å². The van der Waals surface area contributed by atoms with Crippen LogP contribution in [0.4, 0.5) is 0 Å². The summed E-state index contributed by atoms with van der Waals surface area (Å²) in [4.78, 5) is 3.94. The van der Waals surface area contributed by atoms with E-state index in [0.717, 1.165) is 0 Å². The van der Waals surface area contributed by atoms with E-state index in [4.69, 9.17) is 14.0 Å². The molecule has 1 aromatic carbocycles. The van der Waals surface area contributed by atoms with Gasteiger partial charge in [0, 0.05) is 30.6 Å². The zero-order valence-corrected chi connectivity index (χ0v) is 10.7. The van der Waals surface area contributed by atoms with Crippen molar-refractivity contribution in [3.63, 3.8) is 0 Å². The van der Waals surface area contributed by atoms with E-state index < -0.39 is 0 Å². The smallest absolute Gasteiger partial charge is 0 e. The standard InChI is InChI=1S/C9H11N.3CO.Cr/c1-8-5-3-4-6-9(8)7-10-2;3*1-2;/h3-7H,1-2H3;;;;. The van der Waals surface area contributed by atoms with Crippen molar-refractivity contribution in [3.05, 3.63) is 55.3 Å². The van der Waals surface area contributed by atoms with Crippen LogP contribution in [-0.2, 0) is 31.3 Å². The van der Waals surface area contributed by atoms with Crippen LogP contribution >= 0.6 is 0 Å². The first-order chi connectivity index (χ1) is 7.84. The summed E-state index contributed by atoms with van der Waals surface area (Å²) >= 11 is 0. The molecule has 1 rings (SSSR count). The van der Waals surface area contributed by atoms with Crippen molar-refractivity contribution >= 4 is 6.21 Å².